The number of aliphatic hydroxyl groups is 1. The fourth-order valence-electron chi connectivity index (χ4n) is 2.79. The van der Waals surface area contributed by atoms with Crippen LogP contribution in [0.15, 0.2) is 53.3 Å². The highest BCUT2D eigenvalue weighted by molar-refractivity contribution is 7.19. The number of hydrogen-bond acceptors (Lipinski definition) is 7. The number of amidine groups is 1. The van der Waals surface area contributed by atoms with Crippen LogP contribution >= 0.6 is 11.3 Å². The van der Waals surface area contributed by atoms with Crippen LogP contribution in [0.2, 0.25) is 0 Å². The van der Waals surface area contributed by atoms with Gasteiger partial charge in [0, 0.05) is 0 Å². The molecule has 1 aliphatic rings. The molecule has 2 aromatic carbocycles. The van der Waals surface area contributed by atoms with Gasteiger partial charge in [0.05, 0.1) is 29.1 Å². The summed E-state index contributed by atoms with van der Waals surface area (Å²) in [6.07, 6.45) is 1.52. The SMILES string of the molecule is COc1ccc(/C=N\N2CC(O)=C(c3nc4ccccc4s3)C2=N)cc1O. The van der Waals surface area contributed by atoms with Gasteiger partial charge < -0.3 is 14.9 Å². The number of rotatable bonds is 4. The van der Waals surface area contributed by atoms with Crippen molar-refractivity contribution in [2.75, 3.05) is 13.7 Å². The van der Waals surface area contributed by atoms with Gasteiger partial charge in [0.15, 0.2) is 17.3 Å². The Morgan fingerprint density at radius 2 is 2.07 bits per heavy atom. The molecule has 0 aliphatic carbocycles. The molecule has 0 amide bonds. The van der Waals surface area contributed by atoms with Gasteiger partial charge in [0.25, 0.3) is 0 Å². The predicted molar refractivity (Wildman–Crippen MR) is 106 cm³/mol. The second-order valence-corrected chi connectivity index (χ2v) is 6.92. The largest absolute Gasteiger partial charge is 0.509 e. The molecule has 2 heterocycles. The highest BCUT2D eigenvalue weighted by Gasteiger charge is 2.30. The van der Waals surface area contributed by atoms with E-state index in [9.17, 15) is 10.2 Å². The molecule has 0 saturated carbocycles. The number of fused-ring (bicyclic) bond motifs is 1. The molecule has 0 saturated heterocycles. The maximum absolute atomic E-state index is 10.4. The number of hydrazone groups is 1. The zero-order valence-electron chi connectivity index (χ0n) is 14.4. The van der Waals surface area contributed by atoms with Crippen LogP contribution in [-0.4, -0.2) is 45.9 Å². The van der Waals surface area contributed by atoms with Gasteiger partial charge in [-0.1, -0.05) is 12.1 Å². The van der Waals surface area contributed by atoms with Crippen LogP contribution in [0.1, 0.15) is 10.6 Å². The van der Waals surface area contributed by atoms with Crippen LogP contribution in [0.5, 0.6) is 11.5 Å². The van der Waals surface area contributed by atoms with Gasteiger partial charge in [0.2, 0.25) is 0 Å². The average molecular weight is 380 g/mol. The van der Waals surface area contributed by atoms with Crippen molar-refractivity contribution in [1.29, 1.82) is 5.41 Å². The molecule has 4 rings (SSSR count). The summed E-state index contributed by atoms with van der Waals surface area (Å²) in [4.78, 5) is 4.51. The van der Waals surface area contributed by atoms with Crippen molar-refractivity contribution in [2.45, 2.75) is 0 Å². The zero-order chi connectivity index (χ0) is 19.0. The Morgan fingerprint density at radius 1 is 1.26 bits per heavy atom. The fraction of sp³-hybridized carbons (Fsp3) is 0.105. The molecule has 0 bridgehead atoms. The van der Waals surface area contributed by atoms with Gasteiger partial charge in [-0.15, -0.1) is 11.3 Å². The molecule has 0 fully saturated rings. The lowest BCUT2D eigenvalue weighted by Crippen LogP contribution is -2.20. The smallest absolute Gasteiger partial charge is 0.160 e. The van der Waals surface area contributed by atoms with E-state index in [4.69, 9.17) is 10.1 Å². The fourth-order valence-corrected chi connectivity index (χ4v) is 3.83. The molecule has 0 atom stereocenters. The van der Waals surface area contributed by atoms with Gasteiger partial charge in [-0.05, 0) is 35.9 Å². The number of benzene rings is 2. The van der Waals surface area contributed by atoms with Gasteiger partial charge in [-0.3, -0.25) is 5.41 Å². The summed E-state index contributed by atoms with van der Waals surface area (Å²) in [6, 6.07) is 12.6. The van der Waals surface area contributed by atoms with Crippen LogP contribution in [-0.2, 0) is 0 Å². The molecule has 7 nitrogen and oxygen atoms in total. The average Bonchev–Trinajstić information content (AvgIpc) is 3.20. The Morgan fingerprint density at radius 3 is 2.81 bits per heavy atom. The summed E-state index contributed by atoms with van der Waals surface area (Å²) in [7, 11) is 1.48. The number of hydrogen-bond donors (Lipinski definition) is 3. The Bertz CT molecular complexity index is 1070. The Hall–Kier alpha value is -3.39. The minimum Gasteiger partial charge on any atom is -0.509 e. The number of thiazole rings is 1. The van der Waals surface area contributed by atoms with Crippen molar-refractivity contribution >= 4 is 39.2 Å². The van der Waals surface area contributed by atoms with Crippen molar-refractivity contribution in [2.24, 2.45) is 5.10 Å². The van der Waals surface area contributed by atoms with Crippen molar-refractivity contribution in [3.8, 4) is 11.5 Å². The van der Waals surface area contributed by atoms with E-state index >= 15 is 0 Å². The molecule has 136 valence electrons. The first kappa shape index (κ1) is 17.0. The van der Waals surface area contributed by atoms with Gasteiger partial charge in [-0.25, -0.2) is 9.99 Å². The van der Waals surface area contributed by atoms with Gasteiger partial charge in [-0.2, -0.15) is 5.10 Å². The number of ether oxygens (including phenoxy) is 1. The first-order valence-corrected chi connectivity index (χ1v) is 8.94. The number of nitrogens with one attached hydrogen (secondary N) is 1. The number of aliphatic hydroxyl groups excluding tert-OH is 1. The quantitative estimate of drug-likeness (QED) is 0.600. The van der Waals surface area contributed by atoms with E-state index in [1.54, 1.807) is 12.1 Å². The number of phenolic OH excluding ortho intramolecular Hbond substituents is 1. The number of aromatic hydroxyl groups is 1. The lowest BCUT2D eigenvalue weighted by molar-refractivity contribution is 0.358. The highest BCUT2D eigenvalue weighted by atomic mass is 32.1. The van der Waals surface area contributed by atoms with E-state index in [2.05, 4.69) is 10.1 Å². The third-order valence-electron chi connectivity index (χ3n) is 4.14. The van der Waals surface area contributed by atoms with Crippen LogP contribution in [0.25, 0.3) is 15.8 Å². The Labute approximate surface area is 159 Å². The van der Waals surface area contributed by atoms with Gasteiger partial charge in [0.1, 0.15) is 17.3 Å². The minimum absolute atomic E-state index is 0.00841. The first-order chi connectivity index (χ1) is 13.1. The van der Waals surface area contributed by atoms with E-state index in [1.807, 2.05) is 24.3 Å². The number of phenols is 1. The van der Waals surface area contributed by atoms with Crippen LogP contribution in [0.3, 0.4) is 0 Å². The second-order valence-electron chi connectivity index (χ2n) is 5.89. The Balaban J connectivity index is 1.57. The van der Waals surface area contributed by atoms with Crippen molar-refractivity contribution in [3.05, 3.63) is 58.8 Å². The molecule has 0 unspecified atom stereocenters. The molecule has 0 spiro atoms. The highest BCUT2D eigenvalue weighted by Crippen LogP contribution is 2.33. The number of aromatic nitrogens is 1. The third kappa shape index (κ3) is 3.11. The maximum atomic E-state index is 10.4. The lowest BCUT2D eigenvalue weighted by Gasteiger charge is -2.11. The standard InChI is InChI=1S/C19H16N4O3S/c1-26-15-7-6-11(8-13(15)24)9-21-23-10-14(25)17(18(23)20)19-22-12-4-2-3-5-16(12)27-19/h2-9,20,24-25H,10H2,1H3/b20-18?,21-9-. The normalized spacial score (nSPS) is 14.7. The lowest BCUT2D eigenvalue weighted by atomic mass is 10.2. The van der Waals surface area contributed by atoms with E-state index in [1.165, 1.54) is 35.7 Å². The van der Waals surface area contributed by atoms with E-state index in [0.29, 0.717) is 21.9 Å². The van der Waals surface area contributed by atoms with Crippen molar-refractivity contribution in [3.63, 3.8) is 0 Å². The number of para-hydroxylation sites is 1. The summed E-state index contributed by atoms with van der Waals surface area (Å²) < 4.78 is 6.01. The van der Waals surface area contributed by atoms with Crippen LogP contribution in [0.4, 0.5) is 0 Å². The minimum atomic E-state index is 0.00841. The predicted octanol–water partition coefficient (Wildman–Crippen LogP) is 3.61. The van der Waals surface area contributed by atoms with Crippen LogP contribution < -0.4 is 4.74 Å². The van der Waals surface area contributed by atoms with Crippen LogP contribution in [0, 0.1) is 5.41 Å². The zero-order valence-corrected chi connectivity index (χ0v) is 15.2. The molecule has 0 radical (unpaired) electrons. The van der Waals surface area contributed by atoms with Gasteiger partial charge >= 0.3 is 0 Å². The Kier molecular flexibility index (Phi) is 4.25. The molecule has 8 heteroatoms. The summed E-state index contributed by atoms with van der Waals surface area (Å²) >= 11 is 1.43. The van der Waals surface area contributed by atoms with E-state index < -0.39 is 0 Å². The summed E-state index contributed by atoms with van der Waals surface area (Å²) in [5.74, 6) is 0.530. The number of nitrogens with zero attached hydrogens (tertiary/aromatic N) is 3. The molecule has 27 heavy (non-hydrogen) atoms. The van der Waals surface area contributed by atoms with E-state index in [0.717, 1.165) is 10.2 Å². The molecule has 1 aromatic heterocycles. The third-order valence-corrected chi connectivity index (χ3v) is 5.19. The molecular weight excluding hydrogens is 364 g/mol. The molecule has 1 aliphatic heterocycles. The summed E-state index contributed by atoms with van der Waals surface area (Å²) in [5, 5.41) is 34.8. The number of methoxy groups -OCH3 is 1. The second kappa shape index (κ2) is 6.73. The first-order valence-electron chi connectivity index (χ1n) is 8.12. The molecular formula is C19H16N4O3S. The topological polar surface area (TPSA) is 102 Å². The summed E-state index contributed by atoms with van der Waals surface area (Å²) in [6.45, 7) is 0.0999. The molecule has 3 N–H and O–H groups in total. The van der Waals surface area contributed by atoms with E-state index in [-0.39, 0.29) is 23.9 Å². The monoisotopic (exact) mass is 380 g/mol. The maximum Gasteiger partial charge on any atom is 0.160 e. The summed E-state index contributed by atoms with van der Waals surface area (Å²) in [5.41, 5.74) is 1.88. The van der Waals surface area contributed by atoms with Crippen molar-refractivity contribution in [1.82, 2.24) is 9.99 Å². The van der Waals surface area contributed by atoms with Crippen molar-refractivity contribution < 1.29 is 14.9 Å². The molecule has 3 aromatic rings.